The second kappa shape index (κ2) is 8.04. The second-order valence-corrected chi connectivity index (χ2v) is 5.51. The van der Waals surface area contributed by atoms with Crippen molar-refractivity contribution in [1.29, 1.82) is 0 Å². The van der Waals surface area contributed by atoms with Gasteiger partial charge in [-0.3, -0.25) is 0 Å². The molecule has 4 heteroatoms. The van der Waals surface area contributed by atoms with Gasteiger partial charge in [0.05, 0.1) is 6.61 Å². The van der Waals surface area contributed by atoms with E-state index in [0.717, 1.165) is 44.9 Å². The van der Waals surface area contributed by atoms with Crippen LogP contribution in [-0.2, 0) is 11.3 Å². The third-order valence-corrected chi connectivity index (χ3v) is 3.96. The molecule has 0 aliphatic carbocycles. The number of ether oxygens (including phenoxy) is 2. The van der Waals surface area contributed by atoms with Gasteiger partial charge >= 0.3 is 0 Å². The van der Waals surface area contributed by atoms with Gasteiger partial charge < -0.3 is 19.9 Å². The van der Waals surface area contributed by atoms with Gasteiger partial charge in [-0.2, -0.15) is 0 Å². The molecule has 1 aliphatic heterocycles. The van der Waals surface area contributed by atoms with E-state index < -0.39 is 0 Å². The van der Waals surface area contributed by atoms with E-state index in [2.05, 4.69) is 11.2 Å². The van der Waals surface area contributed by atoms with Gasteiger partial charge in [-0.05, 0) is 30.5 Å². The van der Waals surface area contributed by atoms with E-state index in [1.54, 1.807) is 0 Å². The van der Waals surface area contributed by atoms with Crippen LogP contribution in [0.15, 0.2) is 24.3 Å². The van der Waals surface area contributed by atoms with Crippen molar-refractivity contribution in [2.75, 3.05) is 33.0 Å². The molecular formula is C17H23NO3. The highest BCUT2D eigenvalue weighted by molar-refractivity contribution is 5.27. The molecule has 1 aromatic carbocycles. The Labute approximate surface area is 126 Å². The summed E-state index contributed by atoms with van der Waals surface area (Å²) in [6.45, 7) is 3.56. The average Bonchev–Trinajstić information content (AvgIpc) is 2.55. The predicted octanol–water partition coefficient (Wildman–Crippen LogP) is 1.58. The summed E-state index contributed by atoms with van der Waals surface area (Å²) in [5, 5.41) is 13.1. The first-order valence-corrected chi connectivity index (χ1v) is 7.32. The Morgan fingerprint density at radius 2 is 2.00 bits per heavy atom. The molecule has 0 unspecified atom stereocenters. The van der Waals surface area contributed by atoms with Crippen molar-refractivity contribution in [3.05, 3.63) is 29.8 Å². The second-order valence-electron chi connectivity index (χ2n) is 5.51. The summed E-state index contributed by atoms with van der Waals surface area (Å²) in [5.74, 6) is 3.23. The average molecular weight is 289 g/mol. The van der Waals surface area contributed by atoms with Crippen LogP contribution in [-0.4, -0.2) is 38.1 Å². The highest BCUT2D eigenvalue weighted by Gasteiger charge is 2.31. The number of nitrogens with one attached hydrogen (secondary N) is 1. The molecule has 2 N–H and O–H groups in total. The molecule has 2 rings (SSSR count). The van der Waals surface area contributed by atoms with Crippen LogP contribution in [0.3, 0.4) is 0 Å². The number of aliphatic hydroxyl groups excluding tert-OH is 1. The van der Waals surface area contributed by atoms with Gasteiger partial charge in [0.1, 0.15) is 12.4 Å². The zero-order valence-corrected chi connectivity index (χ0v) is 12.3. The topological polar surface area (TPSA) is 50.7 Å². The molecule has 1 aromatic rings. The molecule has 21 heavy (non-hydrogen) atoms. The number of terminal acetylenes is 1. The smallest absolute Gasteiger partial charge is 0.148 e. The summed E-state index contributed by atoms with van der Waals surface area (Å²) in [5.41, 5.74) is 1.15. The molecule has 0 saturated carbocycles. The zero-order valence-electron chi connectivity index (χ0n) is 12.3. The predicted molar refractivity (Wildman–Crippen MR) is 82.0 cm³/mol. The molecule has 0 amide bonds. The van der Waals surface area contributed by atoms with E-state index in [-0.39, 0.29) is 12.0 Å². The third-order valence-electron chi connectivity index (χ3n) is 3.96. The highest BCUT2D eigenvalue weighted by Crippen LogP contribution is 2.29. The number of benzene rings is 1. The molecule has 1 aliphatic rings. The Morgan fingerprint density at radius 1 is 1.29 bits per heavy atom. The lowest BCUT2D eigenvalue weighted by molar-refractivity contribution is -0.0154. The van der Waals surface area contributed by atoms with Crippen LogP contribution in [0, 0.1) is 17.8 Å². The van der Waals surface area contributed by atoms with Crippen molar-refractivity contribution in [2.45, 2.75) is 19.4 Å². The van der Waals surface area contributed by atoms with E-state index >= 15 is 0 Å². The first-order chi connectivity index (χ1) is 10.3. The van der Waals surface area contributed by atoms with Crippen molar-refractivity contribution in [1.82, 2.24) is 5.32 Å². The minimum atomic E-state index is -0.0336. The normalized spacial score (nSPS) is 17.1. The van der Waals surface area contributed by atoms with E-state index in [0.29, 0.717) is 6.61 Å². The third kappa shape index (κ3) is 4.75. The molecule has 1 saturated heterocycles. The lowest BCUT2D eigenvalue weighted by Gasteiger charge is -2.35. The van der Waals surface area contributed by atoms with Crippen LogP contribution in [0.4, 0.5) is 0 Å². The van der Waals surface area contributed by atoms with Crippen molar-refractivity contribution in [2.24, 2.45) is 5.41 Å². The molecule has 0 radical (unpaired) electrons. The molecule has 1 fully saturated rings. The number of hydrogen-bond acceptors (Lipinski definition) is 4. The lowest BCUT2D eigenvalue weighted by atomic mass is 9.81. The summed E-state index contributed by atoms with van der Waals surface area (Å²) >= 11 is 0. The molecule has 0 spiro atoms. The van der Waals surface area contributed by atoms with Crippen LogP contribution < -0.4 is 10.1 Å². The monoisotopic (exact) mass is 289 g/mol. The van der Waals surface area contributed by atoms with Gasteiger partial charge in [0.15, 0.2) is 0 Å². The van der Waals surface area contributed by atoms with Crippen LogP contribution >= 0.6 is 0 Å². The molecule has 0 aromatic heterocycles. The van der Waals surface area contributed by atoms with Gasteiger partial charge in [-0.1, -0.05) is 18.1 Å². The molecule has 0 atom stereocenters. The van der Waals surface area contributed by atoms with Crippen molar-refractivity contribution >= 4 is 0 Å². The lowest BCUT2D eigenvalue weighted by Crippen LogP contribution is -2.41. The van der Waals surface area contributed by atoms with Gasteiger partial charge in [0, 0.05) is 31.7 Å². The summed E-state index contributed by atoms with van der Waals surface area (Å²) in [4.78, 5) is 0. The maximum absolute atomic E-state index is 9.63. The van der Waals surface area contributed by atoms with Gasteiger partial charge in [-0.15, -0.1) is 6.42 Å². The highest BCUT2D eigenvalue weighted by atomic mass is 16.5. The minimum absolute atomic E-state index is 0.0336. The Kier molecular flexibility index (Phi) is 6.06. The quantitative estimate of drug-likeness (QED) is 0.748. The Morgan fingerprint density at radius 3 is 2.62 bits per heavy atom. The van der Waals surface area contributed by atoms with Crippen LogP contribution in [0.1, 0.15) is 18.4 Å². The van der Waals surface area contributed by atoms with E-state index in [1.807, 2.05) is 24.3 Å². The summed E-state index contributed by atoms with van der Waals surface area (Å²) < 4.78 is 10.7. The SMILES string of the molecule is C#CCOc1ccc(CNCC2(CO)CCOCC2)cc1. The van der Waals surface area contributed by atoms with E-state index in [1.165, 1.54) is 5.56 Å². The first kappa shape index (κ1) is 15.8. The van der Waals surface area contributed by atoms with Crippen LogP contribution in [0.2, 0.25) is 0 Å². The maximum Gasteiger partial charge on any atom is 0.148 e. The minimum Gasteiger partial charge on any atom is -0.481 e. The zero-order chi connectivity index (χ0) is 15.0. The Bertz CT molecular complexity index is 458. The number of rotatable bonds is 7. The molecule has 114 valence electrons. The van der Waals surface area contributed by atoms with Gasteiger partial charge in [0.2, 0.25) is 0 Å². The Hall–Kier alpha value is -1.54. The molecule has 0 bridgehead atoms. The van der Waals surface area contributed by atoms with Crippen LogP contribution in [0.25, 0.3) is 0 Å². The van der Waals surface area contributed by atoms with E-state index in [4.69, 9.17) is 15.9 Å². The van der Waals surface area contributed by atoms with Crippen molar-refractivity contribution in [3.63, 3.8) is 0 Å². The fourth-order valence-corrected chi connectivity index (χ4v) is 2.50. The molecule has 1 heterocycles. The van der Waals surface area contributed by atoms with Gasteiger partial charge in [-0.25, -0.2) is 0 Å². The van der Waals surface area contributed by atoms with Crippen molar-refractivity contribution in [3.8, 4) is 18.1 Å². The van der Waals surface area contributed by atoms with Gasteiger partial charge in [0.25, 0.3) is 0 Å². The summed E-state index contributed by atoms with van der Waals surface area (Å²) in [6.07, 6.45) is 6.98. The molecule has 4 nitrogen and oxygen atoms in total. The number of aliphatic hydroxyl groups is 1. The standard InChI is InChI=1S/C17H23NO3/c1-2-9-21-16-5-3-15(4-6-16)12-18-13-17(14-19)7-10-20-11-8-17/h1,3-6,18-19H,7-14H2. The van der Waals surface area contributed by atoms with E-state index in [9.17, 15) is 5.11 Å². The fraction of sp³-hybridized carbons (Fsp3) is 0.529. The molecular weight excluding hydrogens is 266 g/mol. The summed E-state index contributed by atoms with van der Waals surface area (Å²) in [7, 11) is 0. The summed E-state index contributed by atoms with van der Waals surface area (Å²) in [6, 6.07) is 7.89. The first-order valence-electron chi connectivity index (χ1n) is 7.32. The van der Waals surface area contributed by atoms with Crippen LogP contribution in [0.5, 0.6) is 5.75 Å². The Balaban J connectivity index is 1.78. The van der Waals surface area contributed by atoms with Crippen molar-refractivity contribution < 1.29 is 14.6 Å². The number of hydrogen-bond donors (Lipinski definition) is 2. The largest absolute Gasteiger partial charge is 0.481 e. The maximum atomic E-state index is 9.63. The fourth-order valence-electron chi connectivity index (χ4n) is 2.50.